The molecule has 3 rings (SSSR count). The Kier molecular flexibility index (Phi) is 5.78. The zero-order chi connectivity index (χ0) is 18.5. The van der Waals surface area contributed by atoms with Crippen LogP contribution in [0.25, 0.3) is 0 Å². The van der Waals surface area contributed by atoms with Gasteiger partial charge in [-0.2, -0.15) is 0 Å². The van der Waals surface area contributed by atoms with Crippen molar-refractivity contribution in [2.45, 2.75) is 23.9 Å². The van der Waals surface area contributed by atoms with Crippen molar-refractivity contribution in [3.05, 3.63) is 24.2 Å². The normalized spacial score (nSPS) is 15.7. The summed E-state index contributed by atoms with van der Waals surface area (Å²) in [4.78, 5) is 24.9. The molecule has 2 aromatic rings. The van der Waals surface area contributed by atoms with Crippen LogP contribution in [0.1, 0.15) is 12.7 Å². The number of ether oxygens (including phenoxy) is 1. The number of hydrogen-bond acceptors (Lipinski definition) is 8. The molecule has 1 aliphatic heterocycles. The summed E-state index contributed by atoms with van der Waals surface area (Å²) in [7, 11) is 0. The molecule has 1 atom stereocenters. The molecule has 3 heterocycles. The van der Waals surface area contributed by atoms with Crippen molar-refractivity contribution >= 4 is 29.6 Å². The molecule has 140 valence electrons. The summed E-state index contributed by atoms with van der Waals surface area (Å²) >= 11 is 1.20. The van der Waals surface area contributed by atoms with E-state index in [4.69, 9.17) is 14.9 Å². The smallest absolute Gasteiger partial charge is 0.318 e. The Morgan fingerprint density at radius 3 is 2.81 bits per heavy atom. The van der Waals surface area contributed by atoms with E-state index in [9.17, 15) is 9.59 Å². The first-order valence-corrected chi connectivity index (χ1v) is 8.98. The first kappa shape index (κ1) is 18.3. The number of hydrogen-bond donors (Lipinski definition) is 2. The molecule has 1 unspecified atom stereocenters. The summed E-state index contributed by atoms with van der Waals surface area (Å²) in [6, 6.07) is 2.79. The lowest BCUT2D eigenvalue weighted by molar-refractivity contribution is -0.119. The predicted molar refractivity (Wildman–Crippen MR) is 93.9 cm³/mol. The minimum Gasteiger partial charge on any atom is -0.467 e. The van der Waals surface area contributed by atoms with Crippen molar-refractivity contribution in [1.82, 2.24) is 20.1 Å². The van der Waals surface area contributed by atoms with Crippen molar-refractivity contribution in [2.24, 2.45) is 5.73 Å². The fourth-order valence-corrected chi connectivity index (χ4v) is 3.34. The quantitative estimate of drug-likeness (QED) is 0.691. The number of nitrogens with two attached hydrogens (primary N) is 1. The third-order valence-corrected chi connectivity index (χ3v) is 4.86. The SMILES string of the molecule is CC(Sc1nnc(N2CCOCC2)n1Cc1ccco1)C(=O)NC(N)=O. The second-order valence-electron chi connectivity index (χ2n) is 5.66. The topological polar surface area (TPSA) is 129 Å². The van der Waals surface area contributed by atoms with Crippen molar-refractivity contribution in [2.75, 3.05) is 31.2 Å². The van der Waals surface area contributed by atoms with Gasteiger partial charge in [0.25, 0.3) is 0 Å². The second-order valence-corrected chi connectivity index (χ2v) is 6.97. The van der Waals surface area contributed by atoms with Crippen LogP contribution in [-0.4, -0.2) is 58.3 Å². The zero-order valence-electron chi connectivity index (χ0n) is 14.3. The van der Waals surface area contributed by atoms with Gasteiger partial charge in [0.15, 0.2) is 5.16 Å². The number of rotatable bonds is 6. The van der Waals surface area contributed by atoms with Crippen molar-refractivity contribution in [1.29, 1.82) is 0 Å². The summed E-state index contributed by atoms with van der Waals surface area (Å²) in [6.07, 6.45) is 1.60. The van der Waals surface area contributed by atoms with Gasteiger partial charge in [-0.15, -0.1) is 10.2 Å². The van der Waals surface area contributed by atoms with Crippen LogP contribution in [0.3, 0.4) is 0 Å². The van der Waals surface area contributed by atoms with Gasteiger partial charge >= 0.3 is 6.03 Å². The summed E-state index contributed by atoms with van der Waals surface area (Å²) in [6.45, 7) is 4.75. The molecule has 0 spiro atoms. The molecule has 1 aliphatic rings. The number of nitrogens with zero attached hydrogens (tertiary/aromatic N) is 4. The Hall–Kier alpha value is -2.53. The molecule has 0 bridgehead atoms. The van der Waals surface area contributed by atoms with E-state index in [2.05, 4.69) is 20.4 Å². The van der Waals surface area contributed by atoms with Gasteiger partial charge in [-0.05, 0) is 19.1 Å². The lowest BCUT2D eigenvalue weighted by atomic mass is 10.4. The highest BCUT2D eigenvalue weighted by molar-refractivity contribution is 8.00. The summed E-state index contributed by atoms with van der Waals surface area (Å²) in [5.74, 6) is 0.952. The van der Waals surface area contributed by atoms with Gasteiger partial charge < -0.3 is 19.8 Å². The van der Waals surface area contributed by atoms with Gasteiger partial charge in [-0.3, -0.25) is 14.7 Å². The van der Waals surface area contributed by atoms with Crippen LogP contribution in [0.4, 0.5) is 10.7 Å². The van der Waals surface area contributed by atoms with Crippen LogP contribution in [-0.2, 0) is 16.1 Å². The monoisotopic (exact) mass is 380 g/mol. The first-order chi connectivity index (χ1) is 12.5. The van der Waals surface area contributed by atoms with Crippen LogP contribution in [0, 0.1) is 0 Å². The number of nitrogens with one attached hydrogen (secondary N) is 1. The number of urea groups is 1. The number of carbonyl (C=O) groups excluding carboxylic acids is 2. The third kappa shape index (κ3) is 4.35. The first-order valence-electron chi connectivity index (χ1n) is 8.10. The third-order valence-electron chi connectivity index (χ3n) is 3.78. The number of anilines is 1. The van der Waals surface area contributed by atoms with Crippen LogP contribution in [0.2, 0.25) is 0 Å². The number of thioether (sulfide) groups is 1. The standard InChI is InChI=1S/C15H20N6O4S/c1-10(12(22)17-13(16)23)26-15-19-18-14(20-4-7-24-8-5-20)21(15)9-11-3-2-6-25-11/h2-3,6,10H,4-5,7-9H2,1H3,(H3,16,17,22,23). The molecular weight excluding hydrogens is 360 g/mol. The van der Waals surface area contributed by atoms with E-state index in [1.165, 1.54) is 11.8 Å². The zero-order valence-corrected chi connectivity index (χ0v) is 15.1. The number of aromatic nitrogens is 3. The number of primary amides is 1. The maximum Gasteiger partial charge on any atom is 0.318 e. The molecule has 1 fully saturated rings. The van der Waals surface area contributed by atoms with Crippen molar-refractivity contribution in [3.63, 3.8) is 0 Å². The summed E-state index contributed by atoms with van der Waals surface area (Å²) in [5, 5.41) is 10.6. The molecule has 3 N–H and O–H groups in total. The van der Waals surface area contributed by atoms with Crippen molar-refractivity contribution < 1.29 is 18.7 Å². The Morgan fingerprint density at radius 1 is 1.38 bits per heavy atom. The maximum absolute atomic E-state index is 12.0. The van der Waals surface area contributed by atoms with Gasteiger partial charge in [-0.25, -0.2) is 4.79 Å². The average molecular weight is 380 g/mol. The van der Waals surface area contributed by atoms with Crippen molar-refractivity contribution in [3.8, 4) is 0 Å². The van der Waals surface area contributed by atoms with Crippen LogP contribution < -0.4 is 16.0 Å². The largest absolute Gasteiger partial charge is 0.467 e. The molecule has 3 amide bonds. The fraction of sp³-hybridized carbons (Fsp3) is 0.467. The molecule has 11 heteroatoms. The van der Waals surface area contributed by atoms with E-state index in [0.717, 1.165) is 5.76 Å². The molecule has 10 nitrogen and oxygen atoms in total. The van der Waals surface area contributed by atoms with Crippen LogP contribution in [0.15, 0.2) is 28.0 Å². The number of imide groups is 1. The molecule has 0 aromatic carbocycles. The van der Waals surface area contributed by atoms with Gasteiger partial charge in [0.05, 0.1) is 31.3 Å². The number of furan rings is 1. The maximum atomic E-state index is 12.0. The number of amides is 3. The molecule has 0 aliphatic carbocycles. The number of carbonyl (C=O) groups is 2. The number of morpholine rings is 1. The Balaban J connectivity index is 1.82. The lowest BCUT2D eigenvalue weighted by Gasteiger charge is -2.27. The molecule has 1 saturated heterocycles. The summed E-state index contributed by atoms with van der Waals surface area (Å²) < 4.78 is 12.7. The molecule has 26 heavy (non-hydrogen) atoms. The van der Waals surface area contributed by atoms with E-state index >= 15 is 0 Å². The molecule has 2 aromatic heterocycles. The Morgan fingerprint density at radius 2 is 2.15 bits per heavy atom. The van der Waals surface area contributed by atoms with E-state index in [-0.39, 0.29) is 0 Å². The van der Waals surface area contributed by atoms with E-state index in [1.54, 1.807) is 13.2 Å². The highest BCUT2D eigenvalue weighted by Crippen LogP contribution is 2.27. The molecule has 0 saturated carbocycles. The van der Waals surface area contributed by atoms with Crippen LogP contribution in [0.5, 0.6) is 0 Å². The van der Waals surface area contributed by atoms with Gasteiger partial charge in [-0.1, -0.05) is 11.8 Å². The Bertz CT molecular complexity index is 756. The van der Waals surface area contributed by atoms with Gasteiger partial charge in [0, 0.05) is 13.1 Å². The lowest BCUT2D eigenvalue weighted by Crippen LogP contribution is -2.39. The fourth-order valence-electron chi connectivity index (χ4n) is 2.50. The molecular formula is C15H20N6O4S. The summed E-state index contributed by atoms with van der Waals surface area (Å²) in [5.41, 5.74) is 5.00. The van der Waals surface area contributed by atoms with E-state index < -0.39 is 17.2 Å². The minimum atomic E-state index is -0.881. The molecule has 0 radical (unpaired) electrons. The Labute approximate surface area is 154 Å². The second kappa shape index (κ2) is 8.23. The predicted octanol–water partition coefficient (Wildman–Crippen LogP) is 0.432. The highest BCUT2D eigenvalue weighted by atomic mass is 32.2. The van der Waals surface area contributed by atoms with E-state index in [1.807, 2.05) is 16.7 Å². The average Bonchev–Trinajstić information content (AvgIpc) is 3.26. The van der Waals surface area contributed by atoms with Gasteiger partial charge in [0.1, 0.15) is 5.76 Å². The minimum absolute atomic E-state index is 0.430. The van der Waals surface area contributed by atoms with E-state index in [0.29, 0.717) is 44.0 Å². The highest BCUT2D eigenvalue weighted by Gasteiger charge is 2.24. The van der Waals surface area contributed by atoms with Crippen LogP contribution >= 0.6 is 11.8 Å². The van der Waals surface area contributed by atoms with Gasteiger partial charge in [0.2, 0.25) is 11.9 Å².